The van der Waals surface area contributed by atoms with Crippen LogP contribution in [0.2, 0.25) is 10.0 Å². The Bertz CT molecular complexity index is 1040. The largest absolute Gasteiger partial charge is 0.497 e. The summed E-state index contributed by atoms with van der Waals surface area (Å²) in [7, 11) is 1.49. The van der Waals surface area contributed by atoms with Gasteiger partial charge in [-0.3, -0.25) is 19.4 Å². The fourth-order valence-corrected chi connectivity index (χ4v) is 4.73. The number of benzene rings is 2. The van der Waals surface area contributed by atoms with E-state index in [0.717, 1.165) is 0 Å². The summed E-state index contributed by atoms with van der Waals surface area (Å²) < 4.78 is 46.3. The predicted octanol–water partition coefficient (Wildman–Crippen LogP) is 5.72. The van der Waals surface area contributed by atoms with E-state index in [9.17, 15) is 22.8 Å². The molecular formula is C23H23Cl2F3N2O3. The molecule has 0 spiro atoms. The highest BCUT2D eigenvalue weighted by atomic mass is 35.5. The first-order chi connectivity index (χ1) is 15.3. The Morgan fingerprint density at radius 2 is 1.67 bits per heavy atom. The topological polar surface area (TPSA) is 49.9 Å². The highest BCUT2D eigenvalue weighted by Gasteiger charge is 2.62. The van der Waals surface area contributed by atoms with Crippen molar-refractivity contribution in [2.45, 2.75) is 45.1 Å². The number of ether oxygens (including phenoxy) is 1. The number of halogens is 5. The van der Waals surface area contributed by atoms with E-state index in [-0.39, 0.29) is 22.2 Å². The highest BCUT2D eigenvalue weighted by Crippen LogP contribution is 2.43. The van der Waals surface area contributed by atoms with Crippen LogP contribution in [0.3, 0.4) is 0 Å². The van der Waals surface area contributed by atoms with E-state index < -0.39 is 35.6 Å². The lowest BCUT2D eigenvalue weighted by Crippen LogP contribution is -2.58. The zero-order valence-electron chi connectivity index (χ0n) is 18.4. The number of alkyl halides is 3. The summed E-state index contributed by atoms with van der Waals surface area (Å²) in [5.41, 5.74) is -1.03. The molecule has 2 aromatic rings. The summed E-state index contributed by atoms with van der Waals surface area (Å²) in [5.74, 6) is -2.72. The maximum absolute atomic E-state index is 13.8. The van der Waals surface area contributed by atoms with E-state index in [0.29, 0.717) is 16.2 Å². The van der Waals surface area contributed by atoms with Crippen LogP contribution in [0.15, 0.2) is 42.5 Å². The number of anilines is 1. The minimum absolute atomic E-state index is 0.133. The Kier molecular flexibility index (Phi) is 6.92. The lowest BCUT2D eigenvalue weighted by atomic mass is 9.90. The third-order valence-corrected chi connectivity index (χ3v) is 6.07. The Balaban J connectivity index is 2.19. The van der Waals surface area contributed by atoms with Gasteiger partial charge in [0.1, 0.15) is 17.5 Å². The van der Waals surface area contributed by atoms with Crippen LogP contribution < -0.4 is 9.64 Å². The van der Waals surface area contributed by atoms with Gasteiger partial charge < -0.3 is 4.74 Å². The summed E-state index contributed by atoms with van der Waals surface area (Å²) >= 11 is 12.2. The van der Waals surface area contributed by atoms with Crippen molar-refractivity contribution in [3.05, 3.63) is 58.1 Å². The lowest BCUT2D eigenvalue weighted by molar-refractivity contribution is -0.192. The van der Waals surface area contributed by atoms with Crippen molar-refractivity contribution in [3.63, 3.8) is 0 Å². The van der Waals surface area contributed by atoms with Gasteiger partial charge in [-0.15, -0.1) is 0 Å². The standard InChI is InChI=1S/C23H23Cl2F3N2O3/c1-13(2)19-29(17-10-15(24)9-16(25)11-17)20(31)22(3,30(19)21(32)23(26,27)28)12-14-5-7-18(33-4)8-6-14/h5-11,13,19H,12H2,1-4H3. The Hall–Kier alpha value is -2.45. The van der Waals surface area contributed by atoms with Crippen molar-refractivity contribution in [2.24, 2.45) is 5.92 Å². The fraction of sp³-hybridized carbons (Fsp3) is 0.391. The van der Waals surface area contributed by atoms with Crippen LogP contribution in [0.1, 0.15) is 26.3 Å². The molecule has 0 aliphatic carbocycles. The monoisotopic (exact) mass is 502 g/mol. The average Bonchev–Trinajstić information content (AvgIpc) is 2.94. The Labute approximate surface area is 200 Å². The SMILES string of the molecule is COc1ccc(CC2(C)C(=O)N(c3cc(Cl)cc(Cl)c3)C(C(C)C)N2C(=O)C(F)(F)F)cc1. The van der Waals surface area contributed by atoms with Gasteiger partial charge in [-0.1, -0.05) is 49.2 Å². The van der Waals surface area contributed by atoms with Gasteiger partial charge in [0.2, 0.25) is 0 Å². The molecule has 5 nitrogen and oxygen atoms in total. The number of hydrogen-bond donors (Lipinski definition) is 0. The molecule has 0 N–H and O–H groups in total. The molecule has 33 heavy (non-hydrogen) atoms. The van der Waals surface area contributed by atoms with Gasteiger partial charge in [0.25, 0.3) is 5.91 Å². The van der Waals surface area contributed by atoms with Crippen molar-refractivity contribution < 1.29 is 27.5 Å². The number of methoxy groups -OCH3 is 1. The van der Waals surface area contributed by atoms with E-state index in [2.05, 4.69) is 0 Å². The van der Waals surface area contributed by atoms with Crippen molar-refractivity contribution in [3.8, 4) is 5.75 Å². The predicted molar refractivity (Wildman–Crippen MR) is 121 cm³/mol. The summed E-state index contributed by atoms with van der Waals surface area (Å²) in [4.78, 5) is 28.3. The van der Waals surface area contributed by atoms with Crippen LogP contribution in [-0.2, 0) is 16.0 Å². The molecule has 1 saturated heterocycles. The minimum atomic E-state index is -5.17. The van der Waals surface area contributed by atoms with Gasteiger partial charge in [-0.2, -0.15) is 13.2 Å². The Morgan fingerprint density at radius 3 is 2.12 bits per heavy atom. The molecule has 1 heterocycles. The van der Waals surface area contributed by atoms with Gasteiger partial charge >= 0.3 is 12.1 Å². The first-order valence-electron chi connectivity index (χ1n) is 10.1. The molecule has 2 unspecified atom stereocenters. The van der Waals surface area contributed by atoms with E-state index in [4.69, 9.17) is 27.9 Å². The van der Waals surface area contributed by atoms with Crippen molar-refractivity contribution in [1.29, 1.82) is 0 Å². The van der Waals surface area contributed by atoms with E-state index in [1.807, 2.05) is 0 Å². The molecule has 2 atom stereocenters. The van der Waals surface area contributed by atoms with E-state index >= 15 is 0 Å². The quantitative estimate of drug-likeness (QED) is 0.525. The van der Waals surface area contributed by atoms with Crippen LogP contribution in [0.4, 0.5) is 18.9 Å². The second kappa shape index (κ2) is 9.06. The van der Waals surface area contributed by atoms with Crippen LogP contribution in [0, 0.1) is 5.92 Å². The lowest BCUT2D eigenvalue weighted by Gasteiger charge is -2.38. The molecule has 0 saturated carbocycles. The van der Waals surface area contributed by atoms with Gasteiger partial charge in [0.05, 0.1) is 7.11 Å². The first-order valence-corrected chi connectivity index (χ1v) is 10.9. The van der Waals surface area contributed by atoms with Gasteiger partial charge in [0.15, 0.2) is 0 Å². The second-order valence-electron chi connectivity index (χ2n) is 8.43. The van der Waals surface area contributed by atoms with Crippen LogP contribution >= 0.6 is 23.2 Å². The molecule has 178 valence electrons. The maximum Gasteiger partial charge on any atom is 0.471 e. The molecule has 0 bridgehead atoms. The smallest absolute Gasteiger partial charge is 0.471 e. The van der Waals surface area contributed by atoms with Gasteiger partial charge in [0, 0.05) is 22.2 Å². The normalized spacial score (nSPS) is 21.2. The second-order valence-corrected chi connectivity index (χ2v) is 9.30. The zero-order valence-corrected chi connectivity index (χ0v) is 19.9. The fourth-order valence-electron chi connectivity index (χ4n) is 4.22. The molecule has 1 aliphatic heterocycles. The van der Waals surface area contributed by atoms with Crippen LogP contribution in [0.25, 0.3) is 0 Å². The number of nitrogens with zero attached hydrogens (tertiary/aromatic N) is 2. The molecule has 10 heteroatoms. The third-order valence-electron chi connectivity index (χ3n) is 5.63. The van der Waals surface area contributed by atoms with Crippen molar-refractivity contribution >= 4 is 40.7 Å². The third kappa shape index (κ3) is 4.77. The van der Waals surface area contributed by atoms with E-state index in [1.165, 1.54) is 37.1 Å². The molecule has 0 aromatic heterocycles. The van der Waals surface area contributed by atoms with Crippen LogP contribution in [0.5, 0.6) is 5.75 Å². The number of hydrogen-bond acceptors (Lipinski definition) is 3. The van der Waals surface area contributed by atoms with Crippen LogP contribution in [-0.4, -0.2) is 41.7 Å². The van der Waals surface area contributed by atoms with Crippen molar-refractivity contribution in [2.75, 3.05) is 12.0 Å². The number of rotatable bonds is 5. The summed E-state index contributed by atoms with van der Waals surface area (Å²) in [6.45, 7) is 4.64. The molecule has 2 amide bonds. The number of carbonyl (C=O) groups excluding carboxylic acids is 2. The molecular weight excluding hydrogens is 480 g/mol. The average molecular weight is 503 g/mol. The summed E-state index contributed by atoms with van der Waals surface area (Å²) in [6.07, 6.45) is -6.51. The molecule has 3 rings (SSSR count). The van der Waals surface area contributed by atoms with E-state index in [1.54, 1.807) is 38.1 Å². The molecule has 0 radical (unpaired) electrons. The highest BCUT2D eigenvalue weighted by molar-refractivity contribution is 6.35. The number of amides is 2. The number of carbonyl (C=O) groups is 2. The van der Waals surface area contributed by atoms with Crippen molar-refractivity contribution in [1.82, 2.24) is 4.90 Å². The summed E-state index contributed by atoms with van der Waals surface area (Å²) in [6, 6.07) is 10.9. The first kappa shape index (κ1) is 25.2. The molecule has 1 fully saturated rings. The van der Waals surface area contributed by atoms with Gasteiger partial charge in [-0.25, -0.2) is 0 Å². The minimum Gasteiger partial charge on any atom is -0.497 e. The maximum atomic E-state index is 13.8. The Morgan fingerprint density at radius 1 is 1.12 bits per heavy atom. The zero-order chi connectivity index (χ0) is 24.7. The van der Waals surface area contributed by atoms with Gasteiger partial charge in [-0.05, 0) is 48.7 Å². The summed E-state index contributed by atoms with van der Waals surface area (Å²) in [5, 5.41) is 0.426. The molecule has 1 aliphatic rings. The molecule has 2 aromatic carbocycles.